The van der Waals surface area contributed by atoms with Crippen LogP contribution in [0.1, 0.15) is 39.0 Å². The summed E-state index contributed by atoms with van der Waals surface area (Å²) in [4.78, 5) is 4.74. The molecule has 2 bridgehead atoms. The minimum absolute atomic E-state index is 0. The van der Waals surface area contributed by atoms with Crippen molar-refractivity contribution in [3.63, 3.8) is 0 Å². The van der Waals surface area contributed by atoms with Crippen LogP contribution >= 0.6 is 24.0 Å². The van der Waals surface area contributed by atoms with Crippen LogP contribution in [0.4, 0.5) is 0 Å². The molecule has 0 amide bonds. The second-order valence-electron chi connectivity index (χ2n) is 7.19. The zero-order chi connectivity index (χ0) is 17.2. The molecule has 146 valence electrons. The Balaban J connectivity index is 0.00000225. The van der Waals surface area contributed by atoms with Crippen molar-refractivity contribution in [3.05, 3.63) is 0 Å². The summed E-state index contributed by atoms with van der Waals surface area (Å²) in [6.45, 7) is 4.88. The summed E-state index contributed by atoms with van der Waals surface area (Å²) in [6, 6.07) is 0.369. The molecule has 3 heterocycles. The van der Waals surface area contributed by atoms with Gasteiger partial charge in [0, 0.05) is 26.2 Å². The number of rotatable bonds is 5. The lowest BCUT2D eigenvalue weighted by molar-refractivity contribution is 0.0992. The van der Waals surface area contributed by atoms with Crippen molar-refractivity contribution in [2.45, 2.75) is 57.3 Å². The van der Waals surface area contributed by atoms with Gasteiger partial charge in [0.25, 0.3) is 0 Å². The second-order valence-corrected chi connectivity index (χ2v) is 9.17. The third-order valence-electron chi connectivity index (χ3n) is 5.32. The Morgan fingerprint density at radius 2 is 1.96 bits per heavy atom. The lowest BCUT2D eigenvalue weighted by Gasteiger charge is -2.29. The fourth-order valence-electron chi connectivity index (χ4n) is 3.93. The maximum Gasteiger partial charge on any atom is 0.211 e. The molecular formula is C16H31IN4O3S. The molecule has 0 aromatic heterocycles. The average Bonchev–Trinajstić information content (AvgIpc) is 3.15. The van der Waals surface area contributed by atoms with E-state index in [2.05, 4.69) is 17.6 Å². The van der Waals surface area contributed by atoms with E-state index >= 15 is 0 Å². The highest BCUT2D eigenvalue weighted by atomic mass is 127. The van der Waals surface area contributed by atoms with Gasteiger partial charge in [-0.1, -0.05) is 0 Å². The Morgan fingerprint density at radius 3 is 2.48 bits per heavy atom. The van der Waals surface area contributed by atoms with E-state index in [0.717, 1.165) is 44.7 Å². The monoisotopic (exact) mass is 486 g/mol. The number of nitrogens with one attached hydrogen (secondary N) is 2. The molecule has 3 atom stereocenters. The molecule has 3 saturated heterocycles. The highest BCUT2D eigenvalue weighted by Crippen LogP contribution is 2.34. The summed E-state index contributed by atoms with van der Waals surface area (Å²) in [7, 11) is -3.05. The number of ether oxygens (including phenoxy) is 1. The van der Waals surface area contributed by atoms with Crippen LogP contribution < -0.4 is 10.6 Å². The molecule has 3 fully saturated rings. The Morgan fingerprint density at radius 1 is 1.24 bits per heavy atom. The quantitative estimate of drug-likeness (QED) is 0.346. The lowest BCUT2D eigenvalue weighted by atomic mass is 9.96. The third-order valence-corrected chi connectivity index (χ3v) is 6.63. The molecule has 25 heavy (non-hydrogen) atoms. The van der Waals surface area contributed by atoms with Gasteiger partial charge in [-0.25, -0.2) is 12.7 Å². The molecule has 0 aromatic rings. The van der Waals surface area contributed by atoms with Crippen molar-refractivity contribution in [2.75, 3.05) is 32.4 Å². The molecule has 0 aromatic carbocycles. The van der Waals surface area contributed by atoms with Crippen molar-refractivity contribution in [2.24, 2.45) is 10.9 Å². The Hall–Kier alpha value is -0.130. The summed E-state index contributed by atoms with van der Waals surface area (Å²) in [5.74, 6) is 1.32. The van der Waals surface area contributed by atoms with Gasteiger partial charge in [-0.15, -0.1) is 24.0 Å². The normalized spacial score (nSPS) is 31.0. The average molecular weight is 486 g/mol. The number of piperidine rings is 1. The smallest absolute Gasteiger partial charge is 0.211 e. The van der Waals surface area contributed by atoms with Crippen molar-refractivity contribution in [1.82, 2.24) is 14.9 Å². The van der Waals surface area contributed by atoms with Crippen LogP contribution in [0, 0.1) is 5.92 Å². The second kappa shape index (κ2) is 9.18. The maximum atomic E-state index is 11.6. The van der Waals surface area contributed by atoms with Crippen molar-refractivity contribution in [3.8, 4) is 0 Å². The van der Waals surface area contributed by atoms with Crippen LogP contribution in [0.2, 0.25) is 0 Å². The number of nitrogens with zero attached hydrogens (tertiary/aromatic N) is 2. The first-order chi connectivity index (χ1) is 11.5. The predicted molar refractivity (Wildman–Crippen MR) is 110 cm³/mol. The summed E-state index contributed by atoms with van der Waals surface area (Å²) in [6.07, 6.45) is 7.21. The fourth-order valence-corrected chi connectivity index (χ4v) is 4.80. The van der Waals surface area contributed by atoms with Crippen molar-refractivity contribution in [1.29, 1.82) is 0 Å². The molecule has 2 N–H and O–H groups in total. The number of fused-ring (bicyclic) bond motifs is 2. The largest absolute Gasteiger partial charge is 0.373 e. The highest BCUT2D eigenvalue weighted by Gasteiger charge is 2.41. The van der Waals surface area contributed by atoms with E-state index in [1.807, 2.05) is 0 Å². The Labute approximate surface area is 168 Å². The summed E-state index contributed by atoms with van der Waals surface area (Å²) >= 11 is 0. The molecule has 3 rings (SSSR count). The van der Waals surface area contributed by atoms with E-state index in [1.54, 1.807) is 4.31 Å². The first-order valence-corrected chi connectivity index (χ1v) is 11.0. The van der Waals surface area contributed by atoms with Gasteiger partial charge in [-0.3, -0.25) is 4.99 Å². The molecule has 3 aliphatic heterocycles. The van der Waals surface area contributed by atoms with Gasteiger partial charge < -0.3 is 15.4 Å². The molecular weight excluding hydrogens is 455 g/mol. The highest BCUT2D eigenvalue weighted by molar-refractivity contribution is 14.0. The molecule has 0 radical (unpaired) electrons. The topological polar surface area (TPSA) is 83.0 Å². The Kier molecular flexibility index (Phi) is 7.78. The molecule has 7 nitrogen and oxygen atoms in total. The zero-order valence-electron chi connectivity index (χ0n) is 15.1. The number of sulfonamides is 1. The van der Waals surface area contributed by atoms with E-state index in [9.17, 15) is 8.42 Å². The van der Waals surface area contributed by atoms with E-state index in [1.165, 1.54) is 12.7 Å². The Bertz CT molecular complexity index is 564. The van der Waals surface area contributed by atoms with Gasteiger partial charge in [0.1, 0.15) is 0 Å². The molecule has 3 unspecified atom stereocenters. The van der Waals surface area contributed by atoms with Gasteiger partial charge >= 0.3 is 0 Å². The van der Waals surface area contributed by atoms with E-state index in [0.29, 0.717) is 37.3 Å². The molecule has 0 spiro atoms. The van der Waals surface area contributed by atoms with Crippen molar-refractivity contribution < 1.29 is 13.2 Å². The minimum Gasteiger partial charge on any atom is -0.373 e. The van der Waals surface area contributed by atoms with E-state index in [4.69, 9.17) is 9.73 Å². The molecule has 0 saturated carbocycles. The first-order valence-electron chi connectivity index (χ1n) is 9.11. The van der Waals surface area contributed by atoms with Crippen LogP contribution in [-0.4, -0.2) is 69.4 Å². The van der Waals surface area contributed by atoms with Gasteiger partial charge in [0.15, 0.2) is 5.96 Å². The number of aliphatic imine (C=N–C) groups is 1. The molecule has 3 aliphatic rings. The van der Waals surface area contributed by atoms with Gasteiger partial charge in [-0.05, 0) is 44.9 Å². The van der Waals surface area contributed by atoms with Crippen LogP contribution in [0.15, 0.2) is 4.99 Å². The van der Waals surface area contributed by atoms with Crippen LogP contribution in [0.25, 0.3) is 0 Å². The number of hydrogen-bond donors (Lipinski definition) is 2. The third kappa shape index (κ3) is 5.67. The molecule has 9 heteroatoms. The van der Waals surface area contributed by atoms with Crippen molar-refractivity contribution >= 4 is 40.0 Å². The minimum atomic E-state index is -3.05. The number of guanidine groups is 1. The van der Waals surface area contributed by atoms with E-state index < -0.39 is 10.0 Å². The van der Waals surface area contributed by atoms with Gasteiger partial charge in [0.05, 0.1) is 24.5 Å². The van der Waals surface area contributed by atoms with Gasteiger partial charge in [-0.2, -0.15) is 0 Å². The molecule has 0 aliphatic carbocycles. The first kappa shape index (κ1) is 21.2. The lowest BCUT2D eigenvalue weighted by Crippen LogP contribution is -2.47. The van der Waals surface area contributed by atoms with Gasteiger partial charge in [0.2, 0.25) is 10.0 Å². The predicted octanol–water partition coefficient (Wildman–Crippen LogP) is 1.15. The SMILES string of the molecule is CCNC(=NCC1CCN(S(C)(=O)=O)CC1)NC1CC2CCC1O2.I. The number of halogens is 1. The van der Waals surface area contributed by atoms with Crippen LogP contribution in [0.5, 0.6) is 0 Å². The zero-order valence-corrected chi connectivity index (χ0v) is 18.3. The standard InChI is InChI=1S/C16H30N4O3S.HI/c1-3-17-16(19-14-10-13-4-5-15(14)23-13)18-11-12-6-8-20(9-7-12)24(2,21)22;/h12-15H,3-11H2,1-2H3,(H2,17,18,19);1H. The summed E-state index contributed by atoms with van der Waals surface area (Å²) in [5, 5.41) is 6.85. The maximum absolute atomic E-state index is 11.6. The summed E-state index contributed by atoms with van der Waals surface area (Å²) in [5.41, 5.74) is 0. The summed E-state index contributed by atoms with van der Waals surface area (Å²) < 4.78 is 30.6. The van der Waals surface area contributed by atoms with Crippen LogP contribution in [0.3, 0.4) is 0 Å². The van der Waals surface area contributed by atoms with Crippen LogP contribution in [-0.2, 0) is 14.8 Å². The number of hydrogen-bond acceptors (Lipinski definition) is 4. The van der Waals surface area contributed by atoms with E-state index in [-0.39, 0.29) is 24.0 Å². The fraction of sp³-hybridized carbons (Fsp3) is 0.938.